The van der Waals surface area contributed by atoms with Gasteiger partial charge in [-0.2, -0.15) is 0 Å². The van der Waals surface area contributed by atoms with Crippen molar-refractivity contribution in [2.75, 3.05) is 55.8 Å². The summed E-state index contributed by atoms with van der Waals surface area (Å²) in [6.45, 7) is 10.0. The fraction of sp³-hybridized carbons (Fsp3) is 0.333. The third-order valence-electron chi connectivity index (χ3n) is 6.77. The number of nitrogens with two attached hydrogens (primary N) is 2. The number of carbonyl (C=O) groups excluding carboxylic acids is 1. The lowest BCUT2D eigenvalue weighted by atomic mass is 9.99. The molecular formula is C27H35N7O. The first-order valence-electron chi connectivity index (χ1n) is 11.9. The highest BCUT2D eigenvalue weighted by molar-refractivity contribution is 5.92. The van der Waals surface area contributed by atoms with Crippen LogP contribution >= 0.6 is 0 Å². The average molecular weight is 474 g/mol. The summed E-state index contributed by atoms with van der Waals surface area (Å²) in [4.78, 5) is 25.5. The van der Waals surface area contributed by atoms with Gasteiger partial charge in [0.1, 0.15) is 11.6 Å². The van der Waals surface area contributed by atoms with E-state index >= 15 is 0 Å². The van der Waals surface area contributed by atoms with Crippen molar-refractivity contribution in [3.63, 3.8) is 0 Å². The third-order valence-corrected chi connectivity index (χ3v) is 6.77. The van der Waals surface area contributed by atoms with Gasteiger partial charge in [0.2, 0.25) is 5.91 Å². The molecule has 5 N–H and O–H groups in total. The summed E-state index contributed by atoms with van der Waals surface area (Å²) >= 11 is 0. The number of benzene rings is 1. The van der Waals surface area contributed by atoms with Crippen molar-refractivity contribution in [2.24, 2.45) is 5.73 Å². The number of aryl methyl sites for hydroxylation is 2. The molecule has 4 rings (SSSR count). The fourth-order valence-corrected chi connectivity index (χ4v) is 4.64. The summed E-state index contributed by atoms with van der Waals surface area (Å²) in [6.07, 6.45) is 5.51. The van der Waals surface area contributed by atoms with E-state index in [1.54, 1.807) is 13.2 Å². The van der Waals surface area contributed by atoms with Crippen molar-refractivity contribution < 1.29 is 4.79 Å². The van der Waals surface area contributed by atoms with Gasteiger partial charge < -0.3 is 31.2 Å². The molecule has 3 aromatic rings. The third kappa shape index (κ3) is 5.02. The summed E-state index contributed by atoms with van der Waals surface area (Å²) in [5.74, 6) is 1.06. The van der Waals surface area contributed by atoms with E-state index in [1.807, 2.05) is 24.4 Å². The number of rotatable bonds is 5. The van der Waals surface area contributed by atoms with Crippen LogP contribution in [0.15, 0.2) is 36.7 Å². The van der Waals surface area contributed by atoms with Crippen molar-refractivity contribution in [2.45, 2.75) is 20.8 Å². The van der Waals surface area contributed by atoms with Crippen molar-refractivity contribution >= 4 is 35.0 Å². The second-order valence-electron chi connectivity index (χ2n) is 9.36. The summed E-state index contributed by atoms with van der Waals surface area (Å²) in [5, 5.41) is 0. The zero-order valence-electron chi connectivity index (χ0n) is 21.2. The summed E-state index contributed by atoms with van der Waals surface area (Å²) < 4.78 is 0. The lowest BCUT2D eigenvalue weighted by Gasteiger charge is -2.36. The Balaban J connectivity index is 1.64. The molecule has 1 amide bonds. The van der Waals surface area contributed by atoms with E-state index in [-0.39, 0.29) is 5.91 Å². The molecule has 1 aromatic carbocycles. The van der Waals surface area contributed by atoms with Crippen molar-refractivity contribution in [3.05, 3.63) is 58.9 Å². The van der Waals surface area contributed by atoms with Crippen LogP contribution in [0.25, 0.3) is 22.9 Å². The zero-order chi connectivity index (χ0) is 25.3. The molecule has 1 fully saturated rings. The van der Waals surface area contributed by atoms with Gasteiger partial charge in [0.05, 0.1) is 0 Å². The Kier molecular flexibility index (Phi) is 6.84. The number of hydrogen-bond acceptors (Lipinski definition) is 6. The van der Waals surface area contributed by atoms with Crippen LogP contribution in [0.4, 0.5) is 17.3 Å². The second-order valence-corrected chi connectivity index (χ2v) is 9.36. The number of anilines is 3. The van der Waals surface area contributed by atoms with E-state index in [0.717, 1.165) is 48.4 Å². The molecule has 35 heavy (non-hydrogen) atoms. The highest BCUT2D eigenvalue weighted by atomic mass is 16.2. The minimum Gasteiger partial charge on any atom is -0.398 e. The number of pyridine rings is 1. The van der Waals surface area contributed by atoms with Gasteiger partial charge in [-0.15, -0.1) is 0 Å². The highest BCUT2D eigenvalue weighted by Gasteiger charge is 2.19. The fourth-order valence-electron chi connectivity index (χ4n) is 4.64. The summed E-state index contributed by atoms with van der Waals surface area (Å²) in [5.41, 5.74) is 20.8. The molecule has 0 aliphatic carbocycles. The van der Waals surface area contributed by atoms with Crippen LogP contribution in [0.5, 0.6) is 0 Å². The standard InChI is InChI=1S/C27H35N7O/c1-17-12-21(13-18(2)26(17)34-10-8-32(4)9-11-34)24(28)14-22-23(16-31-27(22)29)20-6-7-25(30-15-20)33(5)19(3)35/h6-7,12-16,31H,8-11,28-29H2,1-5H3/b24-14-. The molecule has 0 unspecified atom stereocenters. The van der Waals surface area contributed by atoms with Gasteiger partial charge in [-0.1, -0.05) is 0 Å². The maximum Gasteiger partial charge on any atom is 0.224 e. The number of nitrogen functional groups attached to an aromatic ring is 1. The molecule has 8 nitrogen and oxygen atoms in total. The Labute approximate surface area is 207 Å². The van der Waals surface area contributed by atoms with Crippen LogP contribution < -0.4 is 21.3 Å². The van der Waals surface area contributed by atoms with Crippen LogP contribution in [0.3, 0.4) is 0 Å². The van der Waals surface area contributed by atoms with E-state index in [4.69, 9.17) is 11.5 Å². The van der Waals surface area contributed by atoms with Gasteiger partial charge in [0.15, 0.2) is 0 Å². The number of nitrogens with one attached hydrogen (secondary N) is 1. The first-order valence-corrected chi connectivity index (χ1v) is 11.9. The smallest absolute Gasteiger partial charge is 0.224 e. The number of amides is 1. The lowest BCUT2D eigenvalue weighted by Crippen LogP contribution is -2.45. The Morgan fingerprint density at radius 2 is 1.80 bits per heavy atom. The predicted octanol–water partition coefficient (Wildman–Crippen LogP) is 3.47. The number of aromatic amines is 1. The lowest BCUT2D eigenvalue weighted by molar-refractivity contribution is -0.116. The molecule has 0 spiro atoms. The summed E-state index contributed by atoms with van der Waals surface area (Å²) in [7, 11) is 3.87. The first-order chi connectivity index (χ1) is 16.7. The van der Waals surface area contributed by atoms with Crippen molar-refractivity contribution in [1.82, 2.24) is 14.9 Å². The minimum atomic E-state index is -0.0724. The topological polar surface area (TPSA) is 108 Å². The Bertz CT molecular complexity index is 1230. The van der Waals surface area contributed by atoms with Crippen LogP contribution in [0.1, 0.15) is 29.2 Å². The maximum absolute atomic E-state index is 11.6. The van der Waals surface area contributed by atoms with E-state index < -0.39 is 0 Å². The van der Waals surface area contributed by atoms with Crippen LogP contribution in [-0.4, -0.2) is 61.0 Å². The number of piperazine rings is 1. The molecule has 1 aliphatic heterocycles. The molecule has 0 bridgehead atoms. The van der Waals surface area contributed by atoms with Crippen molar-refractivity contribution in [1.29, 1.82) is 0 Å². The largest absolute Gasteiger partial charge is 0.398 e. The van der Waals surface area contributed by atoms with Gasteiger partial charge in [-0.25, -0.2) is 4.98 Å². The zero-order valence-corrected chi connectivity index (χ0v) is 21.2. The number of carbonyl (C=O) groups is 1. The van der Waals surface area contributed by atoms with E-state index in [0.29, 0.717) is 17.3 Å². The normalized spacial score (nSPS) is 14.9. The number of likely N-dealkylation sites (N-methyl/N-ethyl adjacent to an activating group) is 1. The predicted molar refractivity (Wildman–Crippen MR) is 145 cm³/mol. The second kappa shape index (κ2) is 9.84. The van der Waals surface area contributed by atoms with Crippen molar-refractivity contribution in [3.8, 4) is 11.1 Å². The molecule has 1 aliphatic rings. The van der Waals surface area contributed by atoms with E-state index in [2.05, 4.69) is 52.8 Å². The van der Waals surface area contributed by atoms with Crippen LogP contribution in [0, 0.1) is 13.8 Å². The van der Waals surface area contributed by atoms with E-state index in [1.165, 1.54) is 28.6 Å². The Morgan fingerprint density at radius 3 is 2.37 bits per heavy atom. The molecule has 3 heterocycles. The van der Waals surface area contributed by atoms with Gasteiger partial charge in [-0.3, -0.25) is 4.79 Å². The molecule has 8 heteroatoms. The highest BCUT2D eigenvalue weighted by Crippen LogP contribution is 2.33. The van der Waals surface area contributed by atoms with Gasteiger partial charge in [-0.05, 0) is 67.9 Å². The SMILES string of the molecule is CC(=O)N(C)c1ccc(-c2c[nH]c(N)c2/C=C(\N)c2cc(C)c(N3CCN(C)CC3)c(C)c2)cn1. The molecular weight excluding hydrogens is 438 g/mol. The molecule has 2 aromatic heterocycles. The van der Waals surface area contributed by atoms with Gasteiger partial charge in [0, 0.05) is 80.6 Å². The molecule has 184 valence electrons. The molecule has 1 saturated heterocycles. The van der Waals surface area contributed by atoms with Gasteiger partial charge in [0.25, 0.3) is 0 Å². The Morgan fingerprint density at radius 1 is 1.14 bits per heavy atom. The van der Waals surface area contributed by atoms with Gasteiger partial charge >= 0.3 is 0 Å². The van der Waals surface area contributed by atoms with Crippen LogP contribution in [-0.2, 0) is 4.79 Å². The first kappa shape index (κ1) is 24.3. The quantitative estimate of drug-likeness (QED) is 0.524. The van der Waals surface area contributed by atoms with E-state index in [9.17, 15) is 4.79 Å². The number of H-pyrrole nitrogens is 1. The maximum atomic E-state index is 11.6. The average Bonchev–Trinajstić information content (AvgIpc) is 3.19. The Hall–Kier alpha value is -3.78. The monoisotopic (exact) mass is 473 g/mol. The summed E-state index contributed by atoms with van der Waals surface area (Å²) in [6, 6.07) is 8.06. The molecule has 0 radical (unpaired) electrons. The number of aromatic nitrogens is 2. The number of hydrogen-bond donors (Lipinski definition) is 3. The minimum absolute atomic E-state index is 0.0724. The number of nitrogens with zero attached hydrogens (tertiary/aromatic N) is 4. The molecule has 0 atom stereocenters. The molecule has 0 saturated carbocycles. The van der Waals surface area contributed by atoms with Crippen LogP contribution in [0.2, 0.25) is 0 Å².